The highest BCUT2D eigenvalue weighted by Crippen LogP contribution is 2.08. The van der Waals surface area contributed by atoms with E-state index in [4.69, 9.17) is 0 Å². The van der Waals surface area contributed by atoms with Gasteiger partial charge in [0.05, 0.1) is 4.90 Å². The number of para-hydroxylation sites is 1. The Morgan fingerprint density at radius 3 is 1.84 bits per heavy atom. The highest BCUT2D eigenvalue weighted by atomic mass is 32.2. The Morgan fingerprint density at radius 1 is 0.800 bits per heavy atom. The predicted octanol–water partition coefficient (Wildman–Crippen LogP) is 2.98. The Hall–Kier alpha value is -2.47. The van der Waals surface area contributed by atoms with E-state index in [2.05, 4.69) is 53.8 Å². The second-order valence-corrected chi connectivity index (χ2v) is 6.95. The molecule has 0 fully saturated rings. The molecule has 130 valence electrons. The zero-order chi connectivity index (χ0) is 18.1. The van der Waals surface area contributed by atoms with Crippen molar-refractivity contribution in [2.75, 3.05) is 0 Å². The molecule has 0 spiro atoms. The van der Waals surface area contributed by atoms with Gasteiger partial charge in [-0.3, -0.25) is 0 Å². The van der Waals surface area contributed by atoms with Crippen LogP contribution in [-0.4, -0.2) is 13.0 Å². The predicted molar refractivity (Wildman–Crippen MR) is 97.3 cm³/mol. The summed E-state index contributed by atoms with van der Waals surface area (Å²) in [5, 5.41) is 2.25. The summed E-state index contributed by atoms with van der Waals surface area (Å²) >= 11 is 0. The van der Waals surface area contributed by atoms with Crippen LogP contribution >= 0.6 is 0 Å². The molecule has 0 aliphatic rings. The third-order valence-corrected chi connectivity index (χ3v) is 4.38. The molecule has 2 N–H and O–H groups in total. The molecule has 0 aromatic heterocycles. The molecule has 0 amide bonds. The molecular formula is C20H21NO3S. The first kappa shape index (κ1) is 18.9. The third kappa shape index (κ3) is 6.89. The molecule has 0 aliphatic heterocycles. The molecule has 0 heterocycles. The fraction of sp³-hybridized carbons (Fsp3) is 0.100. The van der Waals surface area contributed by atoms with E-state index in [-0.39, 0.29) is 4.90 Å². The number of rotatable bonds is 4. The van der Waals surface area contributed by atoms with E-state index in [0.717, 1.165) is 12.1 Å². The molecule has 0 bridgehead atoms. The summed E-state index contributed by atoms with van der Waals surface area (Å²) in [6, 6.07) is 26.7. The quantitative estimate of drug-likeness (QED) is 0.577. The van der Waals surface area contributed by atoms with Gasteiger partial charge in [-0.1, -0.05) is 66.2 Å². The Kier molecular flexibility index (Phi) is 6.89. The lowest BCUT2D eigenvalue weighted by Crippen LogP contribution is -2.76. The second kappa shape index (κ2) is 9.13. The van der Waals surface area contributed by atoms with Gasteiger partial charge in [0.2, 0.25) is 0 Å². The lowest BCUT2D eigenvalue weighted by molar-refractivity contribution is -0.588. The zero-order valence-electron chi connectivity index (χ0n) is 14.0. The van der Waals surface area contributed by atoms with Crippen LogP contribution in [0.15, 0.2) is 89.8 Å². The first-order valence-corrected chi connectivity index (χ1v) is 9.31. The van der Waals surface area contributed by atoms with E-state index in [1.165, 1.54) is 23.4 Å². The molecule has 0 unspecified atom stereocenters. The maximum atomic E-state index is 10.4. The van der Waals surface area contributed by atoms with E-state index in [1.54, 1.807) is 12.1 Å². The van der Waals surface area contributed by atoms with Gasteiger partial charge in [-0.15, -0.1) is 0 Å². The van der Waals surface area contributed by atoms with Gasteiger partial charge in [-0.05, 0) is 31.2 Å². The van der Waals surface area contributed by atoms with Gasteiger partial charge in [-0.25, -0.2) is 8.42 Å². The van der Waals surface area contributed by atoms with Crippen LogP contribution in [0.4, 0.5) is 5.69 Å². The molecule has 5 heteroatoms. The summed E-state index contributed by atoms with van der Waals surface area (Å²) in [5.74, 6) is 0. The lowest BCUT2D eigenvalue weighted by Gasteiger charge is -2.05. The maximum absolute atomic E-state index is 10.4. The van der Waals surface area contributed by atoms with Gasteiger partial charge < -0.3 is 9.87 Å². The summed E-state index contributed by atoms with van der Waals surface area (Å²) in [6.45, 7) is 2.83. The van der Waals surface area contributed by atoms with Gasteiger partial charge in [-0.2, -0.15) is 0 Å². The molecule has 3 rings (SSSR count). The fourth-order valence-corrected chi connectivity index (χ4v) is 2.61. The highest BCUT2D eigenvalue weighted by Gasteiger charge is 1.98. The van der Waals surface area contributed by atoms with Crippen molar-refractivity contribution in [1.82, 2.24) is 0 Å². The maximum Gasteiger partial charge on any atom is 0.129 e. The van der Waals surface area contributed by atoms with Crippen molar-refractivity contribution < 1.29 is 18.3 Å². The molecule has 0 radical (unpaired) electrons. The first-order valence-electron chi connectivity index (χ1n) is 7.90. The van der Waals surface area contributed by atoms with Crippen LogP contribution in [-0.2, 0) is 16.7 Å². The summed E-state index contributed by atoms with van der Waals surface area (Å²) in [5.41, 5.74) is 3.57. The van der Waals surface area contributed by atoms with Gasteiger partial charge in [0, 0.05) is 5.56 Å². The summed E-state index contributed by atoms with van der Waals surface area (Å²) < 4.78 is 31.2. The Balaban J connectivity index is 0.000000186. The van der Waals surface area contributed by atoms with Crippen LogP contribution in [0.5, 0.6) is 0 Å². The minimum absolute atomic E-state index is 0.178. The average Bonchev–Trinajstić information content (AvgIpc) is 2.62. The fourth-order valence-electron chi connectivity index (χ4n) is 2.14. The van der Waals surface area contributed by atoms with Crippen LogP contribution in [0.3, 0.4) is 0 Å². The lowest BCUT2D eigenvalue weighted by atomic mass is 10.2. The van der Waals surface area contributed by atoms with E-state index in [1.807, 2.05) is 19.1 Å². The minimum atomic E-state index is -4.27. The van der Waals surface area contributed by atoms with Crippen LogP contribution in [0.2, 0.25) is 0 Å². The molecule has 0 atom stereocenters. The smallest absolute Gasteiger partial charge is 0.129 e. The molecule has 0 aliphatic carbocycles. The summed E-state index contributed by atoms with van der Waals surface area (Å²) in [6.07, 6.45) is 0. The number of aryl methyl sites for hydroxylation is 1. The number of nitrogens with two attached hydrogens (primary N) is 1. The average molecular weight is 355 g/mol. The van der Waals surface area contributed by atoms with Crippen LogP contribution in [0.1, 0.15) is 11.1 Å². The van der Waals surface area contributed by atoms with E-state index < -0.39 is 10.1 Å². The summed E-state index contributed by atoms with van der Waals surface area (Å²) in [7, 11) is -4.27. The normalized spacial score (nSPS) is 10.6. The number of hydrogen-bond acceptors (Lipinski definition) is 3. The number of quaternary nitrogens is 1. The van der Waals surface area contributed by atoms with E-state index in [0.29, 0.717) is 0 Å². The van der Waals surface area contributed by atoms with Crippen LogP contribution in [0, 0.1) is 6.92 Å². The van der Waals surface area contributed by atoms with Crippen molar-refractivity contribution in [3.05, 3.63) is 96.1 Å². The topological polar surface area (TPSA) is 73.8 Å². The number of hydrogen-bond donors (Lipinski definition) is 1. The standard InChI is InChI=1S/C13H13N.C7H8O3S/c1-3-7-12(8-4-1)11-14-13-9-5-2-6-10-13;1-6-2-4-7(5-3-6)11(8,9)10/h1-10,14H,11H2;2-5H,1H3,(H,8,9,10). The Labute approximate surface area is 148 Å². The molecular weight excluding hydrogens is 334 g/mol. The second-order valence-electron chi connectivity index (χ2n) is 5.57. The van der Waals surface area contributed by atoms with Crippen LogP contribution < -0.4 is 5.32 Å². The van der Waals surface area contributed by atoms with Crippen molar-refractivity contribution in [1.29, 1.82) is 0 Å². The SMILES string of the molecule is Cc1ccc(S(=O)(=O)[O-])cc1.c1ccc(C[NH2+]c2ccccc2)cc1. The monoisotopic (exact) mass is 355 g/mol. The van der Waals surface area contributed by atoms with Gasteiger partial charge in [0.15, 0.2) is 0 Å². The number of benzene rings is 3. The van der Waals surface area contributed by atoms with Gasteiger partial charge in [0.1, 0.15) is 22.4 Å². The molecule has 3 aromatic carbocycles. The van der Waals surface area contributed by atoms with Crippen molar-refractivity contribution >= 4 is 15.8 Å². The van der Waals surface area contributed by atoms with Crippen molar-refractivity contribution in [3.63, 3.8) is 0 Å². The van der Waals surface area contributed by atoms with Gasteiger partial charge >= 0.3 is 0 Å². The highest BCUT2D eigenvalue weighted by molar-refractivity contribution is 7.85. The van der Waals surface area contributed by atoms with E-state index >= 15 is 0 Å². The Morgan fingerprint density at radius 2 is 1.32 bits per heavy atom. The van der Waals surface area contributed by atoms with Crippen molar-refractivity contribution in [2.24, 2.45) is 0 Å². The van der Waals surface area contributed by atoms with Crippen LogP contribution in [0.25, 0.3) is 0 Å². The molecule has 4 nitrogen and oxygen atoms in total. The zero-order valence-corrected chi connectivity index (χ0v) is 14.8. The van der Waals surface area contributed by atoms with Crippen molar-refractivity contribution in [2.45, 2.75) is 18.4 Å². The minimum Gasteiger partial charge on any atom is -0.744 e. The largest absolute Gasteiger partial charge is 0.744 e. The third-order valence-electron chi connectivity index (χ3n) is 3.53. The Bertz CT molecular complexity index is 822. The van der Waals surface area contributed by atoms with Gasteiger partial charge in [0.25, 0.3) is 0 Å². The summed E-state index contributed by atoms with van der Waals surface area (Å²) in [4.78, 5) is -0.178. The van der Waals surface area contributed by atoms with Crippen molar-refractivity contribution in [3.8, 4) is 0 Å². The first-order chi connectivity index (χ1) is 11.9. The molecule has 25 heavy (non-hydrogen) atoms. The molecule has 3 aromatic rings. The van der Waals surface area contributed by atoms with E-state index in [9.17, 15) is 13.0 Å². The molecule has 0 saturated heterocycles. The molecule has 0 saturated carbocycles.